The molecule has 1 saturated heterocycles. The van der Waals surface area contributed by atoms with Gasteiger partial charge in [0, 0.05) is 46.6 Å². The predicted molar refractivity (Wildman–Crippen MR) is 171 cm³/mol. The Morgan fingerprint density at radius 1 is 0.927 bits per heavy atom. The highest BCUT2D eigenvalue weighted by atomic mass is 16.5. The van der Waals surface area contributed by atoms with E-state index in [-0.39, 0.29) is 16.9 Å². The molecular formula is C36H48N2O3. The van der Waals surface area contributed by atoms with E-state index in [0.29, 0.717) is 24.6 Å². The number of ether oxygens (including phenoxy) is 1. The van der Waals surface area contributed by atoms with Gasteiger partial charge in [0.2, 0.25) is 0 Å². The van der Waals surface area contributed by atoms with Crippen molar-refractivity contribution >= 4 is 6.21 Å². The van der Waals surface area contributed by atoms with Crippen LogP contribution in [0.2, 0.25) is 0 Å². The van der Waals surface area contributed by atoms with Crippen molar-refractivity contribution in [2.75, 3.05) is 20.2 Å². The maximum atomic E-state index is 11.3. The average Bonchev–Trinajstić information content (AvgIpc) is 3.41. The van der Waals surface area contributed by atoms with Gasteiger partial charge < -0.3 is 14.9 Å². The number of aliphatic imine (C=N–C) groups is 1. The number of aromatic hydroxyl groups is 2. The SMILES string of the molecule is CCC(C)(C)c1cc(/C=N/C[C@@H]2CCCN2Cc2cccc(-c3ccccc3OC)c2O)c(O)c(C(C)(C)CC)c1. The minimum absolute atomic E-state index is 0.0113. The molecule has 0 unspecified atom stereocenters. The van der Waals surface area contributed by atoms with Crippen LogP contribution in [0.25, 0.3) is 11.1 Å². The van der Waals surface area contributed by atoms with Crippen molar-refractivity contribution in [3.63, 3.8) is 0 Å². The molecule has 41 heavy (non-hydrogen) atoms. The van der Waals surface area contributed by atoms with Crippen LogP contribution in [0.1, 0.15) is 89.5 Å². The molecule has 0 amide bonds. The number of benzene rings is 3. The number of phenols is 2. The van der Waals surface area contributed by atoms with Crippen molar-refractivity contribution in [1.82, 2.24) is 4.90 Å². The third-order valence-corrected chi connectivity index (χ3v) is 9.35. The fraction of sp³-hybridized carbons (Fsp3) is 0.472. The molecule has 0 radical (unpaired) electrons. The molecule has 4 rings (SSSR count). The number of para-hydroxylation sites is 2. The lowest BCUT2D eigenvalue weighted by Crippen LogP contribution is -2.31. The van der Waals surface area contributed by atoms with E-state index < -0.39 is 0 Å². The third-order valence-electron chi connectivity index (χ3n) is 9.35. The van der Waals surface area contributed by atoms with Gasteiger partial charge in [-0.2, -0.15) is 0 Å². The van der Waals surface area contributed by atoms with Crippen LogP contribution in [0.4, 0.5) is 0 Å². The molecule has 1 fully saturated rings. The van der Waals surface area contributed by atoms with E-state index in [1.54, 1.807) is 7.11 Å². The summed E-state index contributed by atoms with van der Waals surface area (Å²) in [5, 5.41) is 22.6. The maximum Gasteiger partial charge on any atom is 0.128 e. The largest absolute Gasteiger partial charge is 0.507 e. The smallest absolute Gasteiger partial charge is 0.128 e. The van der Waals surface area contributed by atoms with Gasteiger partial charge in [-0.3, -0.25) is 9.89 Å². The Kier molecular flexibility index (Phi) is 9.48. The lowest BCUT2D eigenvalue weighted by molar-refractivity contribution is 0.247. The van der Waals surface area contributed by atoms with Gasteiger partial charge in [0.25, 0.3) is 0 Å². The Bertz CT molecular complexity index is 1380. The van der Waals surface area contributed by atoms with Crippen LogP contribution >= 0.6 is 0 Å². The maximum absolute atomic E-state index is 11.3. The third kappa shape index (κ3) is 6.62. The number of rotatable bonds is 11. The second-order valence-corrected chi connectivity index (χ2v) is 12.7. The van der Waals surface area contributed by atoms with Crippen molar-refractivity contribution in [2.45, 2.75) is 90.6 Å². The zero-order valence-corrected chi connectivity index (χ0v) is 26.0. The fourth-order valence-electron chi connectivity index (χ4n) is 5.66. The molecule has 1 aliphatic heterocycles. The number of likely N-dealkylation sites (tertiary alicyclic amines) is 1. The van der Waals surface area contributed by atoms with E-state index in [9.17, 15) is 10.2 Å². The summed E-state index contributed by atoms with van der Waals surface area (Å²) >= 11 is 0. The fourth-order valence-corrected chi connectivity index (χ4v) is 5.66. The van der Waals surface area contributed by atoms with Crippen molar-refractivity contribution in [3.8, 4) is 28.4 Å². The van der Waals surface area contributed by atoms with Gasteiger partial charge in [0.15, 0.2) is 0 Å². The molecule has 2 N–H and O–H groups in total. The Hall–Kier alpha value is -3.31. The van der Waals surface area contributed by atoms with E-state index >= 15 is 0 Å². The molecule has 0 aromatic heterocycles. The quantitative estimate of drug-likeness (QED) is 0.234. The Labute approximate surface area is 246 Å². The highest BCUT2D eigenvalue weighted by Crippen LogP contribution is 2.40. The van der Waals surface area contributed by atoms with Gasteiger partial charge in [-0.15, -0.1) is 0 Å². The van der Waals surface area contributed by atoms with E-state index in [1.807, 2.05) is 48.7 Å². The summed E-state index contributed by atoms with van der Waals surface area (Å²) in [4.78, 5) is 7.30. The van der Waals surface area contributed by atoms with Crippen molar-refractivity contribution in [3.05, 3.63) is 76.9 Å². The zero-order valence-electron chi connectivity index (χ0n) is 26.0. The summed E-state index contributed by atoms with van der Waals surface area (Å²) in [6, 6.07) is 18.3. The number of methoxy groups -OCH3 is 1. The van der Waals surface area contributed by atoms with Crippen molar-refractivity contribution in [2.24, 2.45) is 4.99 Å². The van der Waals surface area contributed by atoms with Crippen molar-refractivity contribution in [1.29, 1.82) is 0 Å². The summed E-state index contributed by atoms with van der Waals surface area (Å²) in [5.41, 5.74) is 5.49. The van der Waals surface area contributed by atoms with Crippen LogP contribution in [-0.2, 0) is 17.4 Å². The molecule has 220 valence electrons. The zero-order chi connectivity index (χ0) is 29.8. The van der Waals surface area contributed by atoms with Gasteiger partial charge in [-0.05, 0) is 60.8 Å². The normalized spacial score (nSPS) is 16.5. The van der Waals surface area contributed by atoms with Gasteiger partial charge in [0.05, 0.1) is 13.7 Å². The highest BCUT2D eigenvalue weighted by Gasteiger charge is 2.29. The first kappa shape index (κ1) is 30.6. The molecule has 5 heteroatoms. The molecule has 1 atom stereocenters. The van der Waals surface area contributed by atoms with E-state index in [1.165, 1.54) is 5.56 Å². The predicted octanol–water partition coefficient (Wildman–Crippen LogP) is 8.23. The van der Waals surface area contributed by atoms with Crippen LogP contribution in [0.5, 0.6) is 17.2 Å². The van der Waals surface area contributed by atoms with Gasteiger partial charge in [-0.25, -0.2) is 0 Å². The lowest BCUT2D eigenvalue weighted by atomic mass is 9.75. The Morgan fingerprint density at radius 2 is 1.63 bits per heavy atom. The molecule has 5 nitrogen and oxygen atoms in total. The average molecular weight is 557 g/mol. The standard InChI is InChI=1S/C36H48N2O3/c1-8-35(3,4)27-20-26(34(40)31(21-27)36(5,6)9-2)22-37-23-28-15-13-19-38(28)24-25-14-12-17-30(33(25)39)29-16-10-11-18-32(29)41-7/h10-12,14,16-18,20-22,28,39-40H,8-9,13,15,19,23-24H2,1-7H3/b37-22+/t28-/m0/s1. The first-order chi connectivity index (χ1) is 19.5. The number of nitrogens with zero attached hydrogens (tertiary/aromatic N) is 2. The molecule has 1 aliphatic rings. The molecular weight excluding hydrogens is 508 g/mol. The van der Waals surface area contributed by atoms with Crippen molar-refractivity contribution < 1.29 is 14.9 Å². The topological polar surface area (TPSA) is 65.3 Å². The van der Waals surface area contributed by atoms with Crippen LogP contribution < -0.4 is 4.74 Å². The van der Waals surface area contributed by atoms with Gasteiger partial charge in [-0.1, -0.05) is 84.0 Å². The van der Waals surface area contributed by atoms with Gasteiger partial charge in [0.1, 0.15) is 17.2 Å². The van der Waals surface area contributed by atoms with Crippen LogP contribution in [0.15, 0.2) is 59.6 Å². The van der Waals surface area contributed by atoms with Crippen LogP contribution in [0, 0.1) is 0 Å². The molecule has 0 bridgehead atoms. The Balaban J connectivity index is 1.55. The molecule has 0 saturated carbocycles. The number of hydrogen-bond donors (Lipinski definition) is 2. The minimum atomic E-state index is -0.130. The Morgan fingerprint density at radius 3 is 2.34 bits per heavy atom. The molecule has 3 aromatic rings. The summed E-state index contributed by atoms with van der Waals surface area (Å²) in [6.45, 7) is 15.6. The first-order valence-electron chi connectivity index (χ1n) is 15.1. The highest BCUT2D eigenvalue weighted by molar-refractivity contribution is 5.85. The summed E-state index contributed by atoms with van der Waals surface area (Å²) in [6.07, 6.45) is 5.99. The van der Waals surface area contributed by atoms with Crippen LogP contribution in [0.3, 0.4) is 0 Å². The second-order valence-electron chi connectivity index (χ2n) is 12.7. The second kappa shape index (κ2) is 12.7. The molecule has 3 aromatic carbocycles. The number of phenolic OH excluding ortho intramolecular Hbond substituents is 2. The first-order valence-corrected chi connectivity index (χ1v) is 15.1. The summed E-state index contributed by atoms with van der Waals surface area (Å²) in [7, 11) is 1.65. The van der Waals surface area contributed by atoms with E-state index in [0.717, 1.165) is 65.8 Å². The van der Waals surface area contributed by atoms with Gasteiger partial charge >= 0.3 is 0 Å². The van der Waals surface area contributed by atoms with Crippen LogP contribution in [-0.4, -0.2) is 47.6 Å². The summed E-state index contributed by atoms with van der Waals surface area (Å²) < 4.78 is 5.54. The summed E-state index contributed by atoms with van der Waals surface area (Å²) in [5.74, 6) is 1.39. The molecule has 0 spiro atoms. The van der Waals surface area contributed by atoms with E-state index in [4.69, 9.17) is 9.73 Å². The lowest BCUT2D eigenvalue weighted by Gasteiger charge is -2.30. The monoisotopic (exact) mass is 556 g/mol. The molecule has 0 aliphatic carbocycles. The van der Waals surface area contributed by atoms with E-state index in [2.05, 4.69) is 58.6 Å². The molecule has 1 heterocycles. The minimum Gasteiger partial charge on any atom is -0.507 e. The number of hydrogen-bond acceptors (Lipinski definition) is 5.